The predicted molar refractivity (Wildman–Crippen MR) is 85.1 cm³/mol. The van der Waals surface area contributed by atoms with E-state index < -0.39 is 9.84 Å². The van der Waals surface area contributed by atoms with Crippen molar-refractivity contribution in [3.05, 3.63) is 35.4 Å². The molecule has 2 saturated heterocycles. The number of hydrogen-bond donors (Lipinski definition) is 0. The predicted octanol–water partition coefficient (Wildman–Crippen LogP) is 1.30. The van der Waals surface area contributed by atoms with E-state index in [0.717, 1.165) is 39.1 Å². The Morgan fingerprint density at radius 1 is 1.19 bits per heavy atom. The molecule has 21 heavy (non-hydrogen) atoms. The normalized spacial score (nSPS) is 27.0. The molecule has 0 bridgehead atoms. The topological polar surface area (TPSA) is 40.6 Å². The van der Waals surface area contributed by atoms with Gasteiger partial charge in [0.2, 0.25) is 0 Å². The number of rotatable bonds is 3. The summed E-state index contributed by atoms with van der Waals surface area (Å²) in [6.45, 7) is 7.17. The molecule has 0 aromatic heterocycles. The van der Waals surface area contributed by atoms with Crippen LogP contribution in [0.3, 0.4) is 0 Å². The fourth-order valence-corrected chi connectivity index (χ4v) is 5.18. The molecule has 1 aromatic carbocycles. The van der Waals surface area contributed by atoms with Crippen LogP contribution in [0.1, 0.15) is 17.5 Å². The Hall–Kier alpha value is -0.910. The maximum Gasteiger partial charge on any atom is 0.151 e. The highest BCUT2D eigenvalue weighted by Gasteiger charge is 2.33. The van der Waals surface area contributed by atoms with Gasteiger partial charge in [-0.1, -0.05) is 29.8 Å². The largest absolute Gasteiger partial charge is 0.297 e. The van der Waals surface area contributed by atoms with Crippen LogP contribution in [-0.2, 0) is 16.4 Å². The molecule has 0 saturated carbocycles. The van der Waals surface area contributed by atoms with Gasteiger partial charge in [-0.15, -0.1) is 0 Å². The minimum atomic E-state index is -2.77. The third-order valence-electron chi connectivity index (χ3n) is 4.62. The second-order valence-corrected chi connectivity index (χ2v) is 8.59. The lowest BCUT2D eigenvalue weighted by Crippen LogP contribution is -2.50. The van der Waals surface area contributed by atoms with Gasteiger partial charge in [0.05, 0.1) is 11.5 Å². The maximum absolute atomic E-state index is 11.6. The summed E-state index contributed by atoms with van der Waals surface area (Å²) in [5.41, 5.74) is 2.68. The van der Waals surface area contributed by atoms with Crippen LogP contribution in [0.5, 0.6) is 0 Å². The highest BCUT2D eigenvalue weighted by Crippen LogP contribution is 2.20. The molecule has 0 amide bonds. The molecule has 5 heteroatoms. The van der Waals surface area contributed by atoms with Gasteiger partial charge in [-0.2, -0.15) is 0 Å². The van der Waals surface area contributed by atoms with Gasteiger partial charge in [0.1, 0.15) is 0 Å². The number of aryl methyl sites for hydroxylation is 1. The van der Waals surface area contributed by atoms with E-state index >= 15 is 0 Å². The van der Waals surface area contributed by atoms with Gasteiger partial charge in [-0.05, 0) is 18.9 Å². The number of nitrogens with zero attached hydrogens (tertiary/aromatic N) is 2. The van der Waals surface area contributed by atoms with E-state index in [1.807, 2.05) is 0 Å². The van der Waals surface area contributed by atoms with Crippen LogP contribution in [0, 0.1) is 6.92 Å². The van der Waals surface area contributed by atoms with Gasteiger partial charge in [0, 0.05) is 38.8 Å². The molecule has 0 unspecified atom stereocenters. The first-order valence-electron chi connectivity index (χ1n) is 7.74. The number of hydrogen-bond acceptors (Lipinski definition) is 4. The highest BCUT2D eigenvalue weighted by molar-refractivity contribution is 7.91. The average molecular weight is 308 g/mol. The fourth-order valence-electron chi connectivity index (χ4n) is 3.42. The molecule has 0 aliphatic carbocycles. The minimum absolute atomic E-state index is 0.260. The van der Waals surface area contributed by atoms with Crippen molar-refractivity contribution in [2.75, 3.05) is 37.7 Å². The standard InChI is InChI=1S/C16H24N2O2S/c1-14-3-2-4-15(11-14)12-17-6-8-18(9-7-17)16-5-10-21(19,20)13-16/h2-4,11,16H,5-10,12-13H2,1H3/t16-/m0/s1. The second-order valence-electron chi connectivity index (χ2n) is 6.36. The van der Waals surface area contributed by atoms with Crippen molar-refractivity contribution in [3.8, 4) is 0 Å². The van der Waals surface area contributed by atoms with Gasteiger partial charge in [-0.3, -0.25) is 9.80 Å². The third-order valence-corrected chi connectivity index (χ3v) is 6.37. The first-order valence-corrected chi connectivity index (χ1v) is 9.56. The summed E-state index contributed by atoms with van der Waals surface area (Å²) in [5, 5.41) is 0. The number of sulfone groups is 1. The lowest BCUT2D eigenvalue weighted by Gasteiger charge is -2.37. The summed E-state index contributed by atoms with van der Waals surface area (Å²) < 4.78 is 23.2. The van der Waals surface area contributed by atoms with Crippen LogP contribution >= 0.6 is 0 Å². The molecule has 0 spiro atoms. The van der Waals surface area contributed by atoms with E-state index in [1.54, 1.807) is 0 Å². The molecule has 3 rings (SSSR count). The molecule has 2 aliphatic rings. The molecular weight excluding hydrogens is 284 g/mol. The van der Waals surface area contributed by atoms with Crippen LogP contribution in [0.15, 0.2) is 24.3 Å². The van der Waals surface area contributed by atoms with Crippen LogP contribution in [0.2, 0.25) is 0 Å². The van der Waals surface area contributed by atoms with Gasteiger partial charge in [-0.25, -0.2) is 8.42 Å². The quantitative estimate of drug-likeness (QED) is 0.844. The Labute approximate surface area is 127 Å². The van der Waals surface area contributed by atoms with Crippen LogP contribution in [-0.4, -0.2) is 61.9 Å². The number of piperazine rings is 1. The van der Waals surface area contributed by atoms with E-state index in [9.17, 15) is 8.42 Å². The summed E-state index contributed by atoms with van der Waals surface area (Å²) in [7, 11) is -2.77. The Morgan fingerprint density at radius 3 is 2.57 bits per heavy atom. The summed E-state index contributed by atoms with van der Waals surface area (Å²) in [6.07, 6.45) is 0.820. The van der Waals surface area contributed by atoms with Crippen molar-refractivity contribution < 1.29 is 8.42 Å². The summed E-state index contributed by atoms with van der Waals surface area (Å²) in [5.74, 6) is 0.742. The molecule has 1 aromatic rings. The average Bonchev–Trinajstić information content (AvgIpc) is 2.80. The number of benzene rings is 1. The van der Waals surface area contributed by atoms with Gasteiger partial charge in [0.15, 0.2) is 9.84 Å². The lowest BCUT2D eigenvalue weighted by molar-refractivity contribution is 0.100. The van der Waals surface area contributed by atoms with E-state index in [1.165, 1.54) is 11.1 Å². The lowest BCUT2D eigenvalue weighted by atomic mass is 10.1. The Balaban J connectivity index is 1.51. The molecular formula is C16H24N2O2S. The van der Waals surface area contributed by atoms with Crippen LogP contribution < -0.4 is 0 Å². The molecule has 2 heterocycles. The molecule has 116 valence electrons. The zero-order chi connectivity index (χ0) is 14.9. The fraction of sp³-hybridized carbons (Fsp3) is 0.625. The van der Waals surface area contributed by atoms with E-state index in [4.69, 9.17) is 0 Å². The van der Waals surface area contributed by atoms with Crippen molar-refractivity contribution in [1.29, 1.82) is 0 Å². The van der Waals surface area contributed by atoms with Crippen molar-refractivity contribution in [2.24, 2.45) is 0 Å². The van der Waals surface area contributed by atoms with Crippen molar-refractivity contribution in [2.45, 2.75) is 25.9 Å². The summed E-state index contributed by atoms with van der Waals surface area (Å²) in [4.78, 5) is 4.84. The molecule has 4 nitrogen and oxygen atoms in total. The summed E-state index contributed by atoms with van der Waals surface area (Å²) >= 11 is 0. The van der Waals surface area contributed by atoms with E-state index in [0.29, 0.717) is 11.5 Å². The highest BCUT2D eigenvalue weighted by atomic mass is 32.2. The molecule has 0 N–H and O–H groups in total. The van der Waals surface area contributed by atoms with Gasteiger partial charge >= 0.3 is 0 Å². The second kappa shape index (κ2) is 6.07. The SMILES string of the molecule is Cc1cccc(CN2CCN([C@H]3CCS(=O)(=O)C3)CC2)c1. The monoisotopic (exact) mass is 308 g/mol. The zero-order valence-electron chi connectivity index (χ0n) is 12.7. The first kappa shape index (κ1) is 15.0. The Morgan fingerprint density at radius 2 is 1.95 bits per heavy atom. The summed E-state index contributed by atoms with van der Waals surface area (Å²) in [6, 6.07) is 8.93. The van der Waals surface area contributed by atoms with Crippen molar-refractivity contribution in [3.63, 3.8) is 0 Å². The zero-order valence-corrected chi connectivity index (χ0v) is 13.5. The Kier molecular flexibility index (Phi) is 4.33. The van der Waals surface area contributed by atoms with Crippen molar-refractivity contribution >= 4 is 9.84 Å². The molecule has 2 fully saturated rings. The van der Waals surface area contributed by atoms with Gasteiger partial charge < -0.3 is 0 Å². The minimum Gasteiger partial charge on any atom is -0.297 e. The van der Waals surface area contributed by atoms with Gasteiger partial charge in [0.25, 0.3) is 0 Å². The smallest absolute Gasteiger partial charge is 0.151 e. The maximum atomic E-state index is 11.6. The van der Waals surface area contributed by atoms with Crippen LogP contribution in [0.4, 0.5) is 0 Å². The van der Waals surface area contributed by atoms with Crippen molar-refractivity contribution in [1.82, 2.24) is 9.80 Å². The molecule has 0 radical (unpaired) electrons. The Bertz CT molecular complexity index is 592. The van der Waals surface area contributed by atoms with Crippen LogP contribution in [0.25, 0.3) is 0 Å². The van der Waals surface area contributed by atoms with E-state index in [-0.39, 0.29) is 6.04 Å². The molecule has 1 atom stereocenters. The third kappa shape index (κ3) is 3.84. The molecule has 2 aliphatic heterocycles. The van der Waals surface area contributed by atoms with E-state index in [2.05, 4.69) is 41.0 Å². The first-order chi connectivity index (χ1) is 10.0.